The number of Topliss-reactive ketones (excluding diaryl/α,β-unsaturated/α-hetero) is 1. The number of aromatic amines is 1. The van der Waals surface area contributed by atoms with Crippen molar-refractivity contribution in [3.05, 3.63) is 148 Å². The number of aryl methyl sites for hydroxylation is 3. The molecule has 1 amide bonds. The van der Waals surface area contributed by atoms with Crippen LogP contribution in [0, 0.1) is 6.92 Å². The van der Waals surface area contributed by atoms with Crippen LogP contribution in [0.5, 0.6) is 0 Å². The van der Waals surface area contributed by atoms with Gasteiger partial charge in [-0.3, -0.25) is 4.79 Å². The summed E-state index contributed by atoms with van der Waals surface area (Å²) < 4.78 is 37.7. The van der Waals surface area contributed by atoms with Gasteiger partial charge in [-0.05, 0) is 60.2 Å². The van der Waals surface area contributed by atoms with Crippen molar-refractivity contribution in [3.63, 3.8) is 0 Å². The molecule has 0 aliphatic rings. The maximum Gasteiger partial charge on any atom is 0.407 e. The first-order chi connectivity index (χ1) is 26.1. The summed E-state index contributed by atoms with van der Waals surface area (Å²) in [6.07, 6.45) is 1.79. The molecule has 0 saturated carbocycles. The van der Waals surface area contributed by atoms with Gasteiger partial charge in [-0.2, -0.15) is 9.40 Å². The van der Waals surface area contributed by atoms with E-state index in [1.807, 2.05) is 105 Å². The normalized spacial score (nSPS) is 12.9. The lowest BCUT2D eigenvalue weighted by Gasteiger charge is -2.30. The minimum absolute atomic E-state index is 0.000708. The van der Waals surface area contributed by atoms with Crippen LogP contribution in [0.2, 0.25) is 0 Å². The predicted molar refractivity (Wildman–Crippen MR) is 207 cm³/mol. The number of carbonyl (C=O) groups excluding carboxylic acids is 2. The van der Waals surface area contributed by atoms with Gasteiger partial charge in [0, 0.05) is 24.9 Å². The molecule has 0 saturated heterocycles. The monoisotopic (exact) mass is 766 g/mol. The summed E-state index contributed by atoms with van der Waals surface area (Å²) >= 11 is 1.36. The number of ether oxygens (including phenoxy) is 1. The number of aliphatic hydroxyl groups is 1. The maximum absolute atomic E-state index is 14.4. The molecule has 3 N–H and O–H groups in total. The highest BCUT2D eigenvalue weighted by Gasteiger charge is 2.35. The lowest BCUT2D eigenvalue weighted by atomic mass is 9.81. The van der Waals surface area contributed by atoms with Crippen molar-refractivity contribution >= 4 is 43.5 Å². The minimum Gasteiger partial charge on any atom is -0.453 e. The summed E-state index contributed by atoms with van der Waals surface area (Å²) in [5.74, 6) is -0.714. The van der Waals surface area contributed by atoms with Crippen LogP contribution < -0.4 is 10.00 Å². The number of thiazole rings is 1. The molecule has 0 radical (unpaired) electrons. The fourth-order valence-electron chi connectivity index (χ4n) is 6.92. The molecule has 6 rings (SSSR count). The van der Waals surface area contributed by atoms with Crippen LogP contribution in [0.4, 0.5) is 4.79 Å². The van der Waals surface area contributed by atoms with Gasteiger partial charge >= 0.3 is 6.09 Å². The molecular weight excluding hydrogens is 723 g/mol. The van der Waals surface area contributed by atoms with Crippen LogP contribution in [-0.4, -0.2) is 65.6 Å². The SMILES string of the molecule is COC(=O)N[C@H](C(=O)Cc1ccccc1CC[C@@H](CO)N(Cc1c[n+](C)[nH]c1C)S(=O)(=O)c1ccc2ncsc2c1)C(c1ccccc1)c1ccccc1. The average molecular weight is 767 g/mol. The summed E-state index contributed by atoms with van der Waals surface area (Å²) in [5, 5.41) is 16.8. The van der Waals surface area contributed by atoms with Gasteiger partial charge in [-0.25, -0.2) is 18.2 Å². The number of fused-ring (bicyclic) bond motifs is 1. The highest BCUT2D eigenvalue weighted by atomic mass is 32.2. The van der Waals surface area contributed by atoms with E-state index in [9.17, 15) is 23.1 Å². The number of aromatic nitrogens is 3. The topological polar surface area (TPSA) is 146 Å². The molecular formula is C41H44N5O6S2+. The Kier molecular flexibility index (Phi) is 12.3. The molecule has 54 heavy (non-hydrogen) atoms. The Balaban J connectivity index is 1.29. The number of carbonyl (C=O) groups is 2. The molecule has 0 unspecified atom stereocenters. The zero-order chi connectivity index (χ0) is 38.2. The van der Waals surface area contributed by atoms with Gasteiger partial charge in [0.15, 0.2) is 19.0 Å². The molecule has 13 heteroatoms. The van der Waals surface area contributed by atoms with Crippen LogP contribution >= 0.6 is 11.3 Å². The van der Waals surface area contributed by atoms with Crippen molar-refractivity contribution in [3.8, 4) is 0 Å². The average Bonchev–Trinajstić information content (AvgIpc) is 3.79. The van der Waals surface area contributed by atoms with Crippen molar-refractivity contribution in [2.24, 2.45) is 7.05 Å². The Morgan fingerprint density at radius 1 is 0.944 bits per heavy atom. The molecule has 0 spiro atoms. The summed E-state index contributed by atoms with van der Waals surface area (Å²) in [7, 11) is -0.984. The third-order valence-electron chi connectivity index (χ3n) is 9.72. The molecule has 6 aromatic rings. The third-order valence-corrected chi connectivity index (χ3v) is 12.4. The second-order valence-electron chi connectivity index (χ2n) is 13.2. The Bertz CT molecular complexity index is 2270. The van der Waals surface area contributed by atoms with Gasteiger partial charge in [-0.15, -0.1) is 16.0 Å². The van der Waals surface area contributed by atoms with E-state index >= 15 is 0 Å². The Labute approximate surface area is 319 Å². The molecule has 0 aliphatic carbocycles. The largest absolute Gasteiger partial charge is 0.453 e. The fraction of sp³-hybridized carbons (Fsp3) is 0.268. The smallest absolute Gasteiger partial charge is 0.407 e. The quantitative estimate of drug-likeness (QED) is 0.109. The number of sulfonamides is 1. The van der Waals surface area contributed by atoms with Crippen LogP contribution in [0.1, 0.15) is 45.8 Å². The molecule has 4 aromatic carbocycles. The number of ketones is 1. The summed E-state index contributed by atoms with van der Waals surface area (Å²) in [6.45, 7) is 1.51. The molecule has 2 atom stereocenters. The molecule has 0 aliphatic heterocycles. The highest BCUT2D eigenvalue weighted by molar-refractivity contribution is 7.89. The van der Waals surface area contributed by atoms with Gasteiger partial charge in [0.25, 0.3) is 0 Å². The second-order valence-corrected chi connectivity index (χ2v) is 16.0. The Morgan fingerprint density at radius 3 is 2.20 bits per heavy atom. The number of amides is 1. The first-order valence-corrected chi connectivity index (χ1v) is 19.9. The number of H-pyrrole nitrogens is 1. The maximum atomic E-state index is 14.4. The van der Waals surface area contributed by atoms with Crippen molar-refractivity contribution in [2.75, 3.05) is 13.7 Å². The number of nitrogens with one attached hydrogen (secondary N) is 2. The van der Waals surface area contributed by atoms with E-state index < -0.39 is 40.7 Å². The molecule has 280 valence electrons. The van der Waals surface area contributed by atoms with Crippen LogP contribution in [0.3, 0.4) is 0 Å². The fourth-order valence-corrected chi connectivity index (χ4v) is 9.36. The molecule has 0 bridgehead atoms. The standard InChI is InChI=1S/C41H43N5O6S2/c1-28-33(24-45(2)44-28)25-46(54(50,51)35-20-21-36-38(23-35)53-27-42-36)34(26-47)19-18-29-12-10-11-17-32(29)22-37(48)40(43-41(49)52-3)39(30-13-6-4-7-14-30)31-15-8-5-9-16-31/h4-17,20-21,23-24,27,34,39-40,47H,18-19,22,25-26H2,1-3H3,(H,43,49)/p+1/t34-,40+/m0/s1. The number of alkyl carbamates (subject to hydrolysis) is 1. The van der Waals surface area contributed by atoms with Crippen LogP contribution in [0.25, 0.3) is 10.2 Å². The zero-order valence-electron chi connectivity index (χ0n) is 30.4. The first kappa shape index (κ1) is 38.5. The van der Waals surface area contributed by atoms with Crippen LogP contribution in [0.15, 0.2) is 120 Å². The summed E-state index contributed by atoms with van der Waals surface area (Å²) in [6, 6.07) is 29.8. The first-order valence-electron chi connectivity index (χ1n) is 17.6. The number of hydrogen-bond donors (Lipinski definition) is 3. The number of benzene rings is 4. The van der Waals surface area contributed by atoms with Crippen molar-refractivity contribution in [1.29, 1.82) is 0 Å². The van der Waals surface area contributed by atoms with Gasteiger partial charge in [0.2, 0.25) is 10.0 Å². The van der Waals surface area contributed by atoms with Crippen LogP contribution in [-0.2, 0) is 46.0 Å². The molecule has 11 nitrogen and oxygen atoms in total. The lowest BCUT2D eigenvalue weighted by molar-refractivity contribution is -0.727. The van der Waals surface area contributed by atoms with Gasteiger partial charge in [0.1, 0.15) is 6.04 Å². The Hall–Kier alpha value is -5.21. The van der Waals surface area contributed by atoms with E-state index in [0.29, 0.717) is 11.9 Å². The van der Waals surface area contributed by atoms with Crippen molar-refractivity contribution in [1.82, 2.24) is 19.7 Å². The molecule has 2 aromatic heterocycles. The van der Waals surface area contributed by atoms with Gasteiger partial charge in [0.05, 0.1) is 45.6 Å². The van der Waals surface area contributed by atoms with Crippen molar-refractivity contribution in [2.45, 2.75) is 55.6 Å². The van der Waals surface area contributed by atoms with Crippen molar-refractivity contribution < 1.29 is 32.5 Å². The zero-order valence-corrected chi connectivity index (χ0v) is 32.0. The van der Waals surface area contributed by atoms with E-state index in [1.165, 1.54) is 22.8 Å². The van der Waals surface area contributed by atoms with E-state index in [4.69, 9.17) is 4.74 Å². The number of methoxy groups -OCH3 is 1. The minimum atomic E-state index is -4.09. The number of aliphatic hydroxyl groups excluding tert-OH is 1. The number of hydrogen-bond acceptors (Lipinski definition) is 8. The van der Waals surface area contributed by atoms with E-state index in [2.05, 4.69) is 15.4 Å². The number of rotatable bonds is 16. The Morgan fingerprint density at radius 2 is 1.59 bits per heavy atom. The van der Waals surface area contributed by atoms with E-state index in [-0.39, 0.29) is 30.1 Å². The molecule has 2 heterocycles. The predicted octanol–water partition coefficient (Wildman–Crippen LogP) is 5.61. The van der Waals surface area contributed by atoms with Gasteiger partial charge < -0.3 is 15.2 Å². The second kappa shape index (κ2) is 17.3. The van der Waals surface area contributed by atoms with Gasteiger partial charge in [-0.1, -0.05) is 84.9 Å². The lowest BCUT2D eigenvalue weighted by Crippen LogP contribution is -2.46. The van der Waals surface area contributed by atoms with E-state index in [1.54, 1.807) is 28.4 Å². The molecule has 0 fully saturated rings. The summed E-state index contributed by atoms with van der Waals surface area (Å²) in [5.41, 5.74) is 7.29. The van der Waals surface area contributed by atoms with E-state index in [0.717, 1.165) is 38.2 Å². The number of nitrogens with zero attached hydrogens (tertiary/aromatic N) is 3. The third kappa shape index (κ3) is 8.77. The summed E-state index contributed by atoms with van der Waals surface area (Å²) in [4.78, 5) is 31.5. The highest BCUT2D eigenvalue weighted by Crippen LogP contribution is 2.31.